The van der Waals surface area contributed by atoms with Gasteiger partial charge < -0.3 is 14.9 Å². The molecule has 0 spiro atoms. The average Bonchev–Trinajstić information content (AvgIpc) is 2.54. The molecule has 0 unspecified atom stereocenters. The fourth-order valence-electron chi connectivity index (χ4n) is 1.46. The number of hydrogen-bond donors (Lipinski definition) is 2. The maximum Gasteiger partial charge on any atom is 0.338 e. The Labute approximate surface area is 124 Å². The molecule has 4 heteroatoms. The molecule has 0 bridgehead atoms. The molecule has 2 aromatic carbocycles. The number of aliphatic hydroxyl groups excluding tert-OH is 1. The summed E-state index contributed by atoms with van der Waals surface area (Å²) in [6, 6.07) is 15.5. The zero-order valence-corrected chi connectivity index (χ0v) is 12.0. The third-order valence-corrected chi connectivity index (χ3v) is 2.57. The van der Waals surface area contributed by atoms with Crippen LogP contribution in [-0.2, 0) is 11.3 Å². The number of ether oxygens (including phenoxy) is 1. The Hall–Kier alpha value is -2.33. The Morgan fingerprint density at radius 1 is 1.05 bits per heavy atom. The van der Waals surface area contributed by atoms with Gasteiger partial charge in [-0.3, -0.25) is 0 Å². The van der Waals surface area contributed by atoms with E-state index in [-0.39, 0.29) is 18.3 Å². The molecule has 0 aliphatic heterocycles. The van der Waals surface area contributed by atoms with Crippen molar-refractivity contribution in [1.82, 2.24) is 0 Å². The fourth-order valence-corrected chi connectivity index (χ4v) is 1.46. The quantitative estimate of drug-likeness (QED) is 0.848. The molecule has 0 radical (unpaired) electrons. The molecule has 0 aliphatic carbocycles. The van der Waals surface area contributed by atoms with Gasteiger partial charge in [0.25, 0.3) is 0 Å². The van der Waals surface area contributed by atoms with Gasteiger partial charge in [0.1, 0.15) is 5.75 Å². The molecule has 2 N–H and O–H groups in total. The van der Waals surface area contributed by atoms with Crippen molar-refractivity contribution in [2.75, 3.05) is 6.61 Å². The summed E-state index contributed by atoms with van der Waals surface area (Å²) in [6.45, 7) is 2.50. The van der Waals surface area contributed by atoms with Crippen molar-refractivity contribution >= 4 is 5.97 Å². The molecule has 21 heavy (non-hydrogen) atoms. The van der Waals surface area contributed by atoms with E-state index in [1.54, 1.807) is 0 Å². The Morgan fingerprint density at radius 3 is 2.14 bits per heavy atom. The second-order valence-electron chi connectivity index (χ2n) is 4.33. The summed E-state index contributed by atoms with van der Waals surface area (Å²) < 4.78 is 4.90. The number of esters is 1. The minimum absolute atomic E-state index is 0.140. The van der Waals surface area contributed by atoms with E-state index in [9.17, 15) is 4.79 Å². The molecule has 112 valence electrons. The maximum atomic E-state index is 11.2. The average molecular weight is 288 g/mol. The molecule has 0 heterocycles. The van der Waals surface area contributed by atoms with Crippen molar-refractivity contribution in [3.05, 3.63) is 65.7 Å². The van der Waals surface area contributed by atoms with E-state index in [0.29, 0.717) is 12.2 Å². The summed E-state index contributed by atoms with van der Waals surface area (Å²) in [4.78, 5) is 11.2. The van der Waals surface area contributed by atoms with Crippen molar-refractivity contribution in [1.29, 1.82) is 0 Å². The lowest BCUT2D eigenvalue weighted by Crippen LogP contribution is -2.05. The monoisotopic (exact) mass is 288 g/mol. The number of hydrogen-bond acceptors (Lipinski definition) is 4. The van der Waals surface area contributed by atoms with Crippen LogP contribution >= 0.6 is 0 Å². The van der Waals surface area contributed by atoms with Gasteiger partial charge in [0.05, 0.1) is 18.8 Å². The van der Waals surface area contributed by atoms with Crippen molar-refractivity contribution in [2.45, 2.75) is 20.0 Å². The second kappa shape index (κ2) is 9.55. The molecule has 0 amide bonds. The van der Waals surface area contributed by atoms with E-state index in [1.807, 2.05) is 37.3 Å². The van der Waals surface area contributed by atoms with Gasteiger partial charge in [0, 0.05) is 0 Å². The van der Waals surface area contributed by atoms with Crippen LogP contribution in [0, 0.1) is 0 Å². The van der Waals surface area contributed by atoms with Gasteiger partial charge in [-0.2, -0.15) is 0 Å². The van der Waals surface area contributed by atoms with Crippen LogP contribution in [0.25, 0.3) is 0 Å². The van der Waals surface area contributed by atoms with Crippen LogP contribution in [0.2, 0.25) is 0 Å². The van der Waals surface area contributed by atoms with E-state index in [4.69, 9.17) is 14.9 Å². The predicted octanol–water partition coefficient (Wildman–Crippen LogP) is 3.14. The highest BCUT2D eigenvalue weighted by Gasteiger charge is 2.05. The summed E-state index contributed by atoms with van der Waals surface area (Å²) in [7, 11) is 0. The lowest BCUT2D eigenvalue weighted by Gasteiger charge is -2.02. The van der Waals surface area contributed by atoms with Crippen LogP contribution in [0.5, 0.6) is 5.75 Å². The smallest absolute Gasteiger partial charge is 0.338 e. The van der Waals surface area contributed by atoms with Gasteiger partial charge in [-0.05, 0) is 36.2 Å². The van der Waals surface area contributed by atoms with Crippen molar-refractivity contribution in [3.63, 3.8) is 0 Å². The van der Waals surface area contributed by atoms with E-state index < -0.39 is 0 Å². The normalized spacial score (nSPS) is 9.43. The number of rotatable bonds is 4. The van der Waals surface area contributed by atoms with Crippen molar-refractivity contribution in [3.8, 4) is 5.75 Å². The van der Waals surface area contributed by atoms with E-state index in [2.05, 4.69) is 0 Å². The highest BCUT2D eigenvalue weighted by molar-refractivity contribution is 5.89. The molecular weight excluding hydrogens is 268 g/mol. The lowest BCUT2D eigenvalue weighted by atomic mass is 10.2. The Kier molecular flexibility index (Phi) is 7.61. The first-order valence-electron chi connectivity index (χ1n) is 6.78. The number of carbonyl (C=O) groups is 1. The van der Waals surface area contributed by atoms with Crippen LogP contribution in [0.3, 0.4) is 0 Å². The van der Waals surface area contributed by atoms with E-state index in [1.165, 1.54) is 24.3 Å². The van der Waals surface area contributed by atoms with E-state index >= 15 is 0 Å². The summed E-state index contributed by atoms with van der Waals surface area (Å²) >= 11 is 0. The molecule has 0 saturated heterocycles. The molecule has 2 aromatic rings. The largest absolute Gasteiger partial charge is 0.508 e. The highest BCUT2D eigenvalue weighted by Crippen LogP contribution is 2.10. The van der Waals surface area contributed by atoms with E-state index in [0.717, 1.165) is 12.0 Å². The predicted molar refractivity (Wildman–Crippen MR) is 81.0 cm³/mol. The van der Waals surface area contributed by atoms with Crippen LogP contribution in [-0.4, -0.2) is 22.8 Å². The zero-order chi connectivity index (χ0) is 15.5. The minimum Gasteiger partial charge on any atom is -0.508 e. The molecule has 0 aliphatic rings. The van der Waals surface area contributed by atoms with Gasteiger partial charge >= 0.3 is 5.97 Å². The lowest BCUT2D eigenvalue weighted by molar-refractivity contribution is 0.0505. The number of phenolic OH excluding ortho intramolecular Hbond substituents is 1. The molecule has 0 atom stereocenters. The van der Waals surface area contributed by atoms with Gasteiger partial charge in [-0.15, -0.1) is 0 Å². The zero-order valence-electron chi connectivity index (χ0n) is 12.0. The number of phenols is 1. The van der Waals surface area contributed by atoms with Gasteiger partial charge in [-0.25, -0.2) is 4.79 Å². The summed E-state index contributed by atoms with van der Waals surface area (Å²) in [5.41, 5.74) is 1.43. The van der Waals surface area contributed by atoms with Crippen LogP contribution < -0.4 is 0 Å². The topological polar surface area (TPSA) is 66.8 Å². The third-order valence-electron chi connectivity index (χ3n) is 2.57. The molecule has 4 nitrogen and oxygen atoms in total. The second-order valence-corrected chi connectivity index (χ2v) is 4.33. The summed E-state index contributed by atoms with van der Waals surface area (Å²) in [5.74, 6) is -0.200. The molecule has 2 rings (SSSR count). The van der Waals surface area contributed by atoms with Gasteiger partial charge in [0.2, 0.25) is 0 Å². The van der Waals surface area contributed by atoms with Gasteiger partial charge in [0.15, 0.2) is 0 Å². The SMILES string of the molecule is CCCOC(=O)c1ccc(O)cc1.OCc1ccccc1. The summed E-state index contributed by atoms with van der Waals surface area (Å²) in [5, 5.41) is 17.5. The first-order chi connectivity index (χ1) is 10.2. The van der Waals surface area contributed by atoms with Crippen LogP contribution in [0.1, 0.15) is 29.3 Å². The maximum absolute atomic E-state index is 11.2. The Bertz CT molecular complexity index is 520. The minimum atomic E-state index is -0.346. The Balaban J connectivity index is 0.000000235. The molecule has 0 saturated carbocycles. The molecule has 0 fully saturated rings. The van der Waals surface area contributed by atoms with Crippen LogP contribution in [0.15, 0.2) is 54.6 Å². The van der Waals surface area contributed by atoms with Crippen LogP contribution in [0.4, 0.5) is 0 Å². The van der Waals surface area contributed by atoms with Gasteiger partial charge in [-0.1, -0.05) is 37.3 Å². The first-order valence-corrected chi connectivity index (χ1v) is 6.78. The fraction of sp³-hybridized carbons (Fsp3) is 0.235. The number of aliphatic hydroxyl groups is 1. The standard InChI is InChI=1S/C10H12O3.C7H8O/c1-2-7-13-10(12)8-3-5-9(11)6-4-8;8-6-7-4-2-1-3-5-7/h3-6,11H,2,7H2,1H3;1-5,8H,6H2. The summed E-state index contributed by atoms with van der Waals surface area (Å²) in [6.07, 6.45) is 0.809. The third kappa shape index (κ3) is 6.58. The first kappa shape index (κ1) is 16.7. The highest BCUT2D eigenvalue weighted by atomic mass is 16.5. The number of aromatic hydroxyl groups is 1. The molecule has 0 aromatic heterocycles. The van der Waals surface area contributed by atoms with Crippen molar-refractivity contribution < 1.29 is 19.7 Å². The number of benzene rings is 2. The number of carbonyl (C=O) groups excluding carboxylic acids is 1. The Morgan fingerprint density at radius 2 is 1.67 bits per heavy atom. The van der Waals surface area contributed by atoms with Crippen molar-refractivity contribution in [2.24, 2.45) is 0 Å². The molecular formula is C17H20O4.